The van der Waals surface area contributed by atoms with Crippen molar-refractivity contribution in [3.05, 3.63) is 28.8 Å². The molecule has 1 aromatic heterocycles. The molecular formula is C17H23N3O3. The fourth-order valence-electron chi connectivity index (χ4n) is 3.00. The first-order valence-electron chi connectivity index (χ1n) is 8.18. The maximum atomic E-state index is 11.8. The van der Waals surface area contributed by atoms with Crippen molar-refractivity contribution in [1.29, 1.82) is 0 Å². The van der Waals surface area contributed by atoms with Gasteiger partial charge in [0.25, 0.3) is 5.56 Å². The SMILES string of the molecule is COc1cc2c(=O)[nH]cnc2cc1OCCCN1CCCCC1. The van der Waals surface area contributed by atoms with Crippen molar-refractivity contribution in [2.24, 2.45) is 0 Å². The number of ether oxygens (including phenoxy) is 2. The fourth-order valence-corrected chi connectivity index (χ4v) is 3.00. The highest BCUT2D eigenvalue weighted by molar-refractivity contribution is 5.81. The van der Waals surface area contributed by atoms with Crippen molar-refractivity contribution in [1.82, 2.24) is 14.9 Å². The number of benzene rings is 1. The lowest BCUT2D eigenvalue weighted by molar-refractivity contribution is 0.203. The Hall–Kier alpha value is -2.08. The van der Waals surface area contributed by atoms with Gasteiger partial charge in [-0.2, -0.15) is 0 Å². The van der Waals surface area contributed by atoms with Gasteiger partial charge in [-0.25, -0.2) is 4.98 Å². The van der Waals surface area contributed by atoms with E-state index in [4.69, 9.17) is 9.47 Å². The van der Waals surface area contributed by atoms with E-state index in [0.717, 1.165) is 13.0 Å². The summed E-state index contributed by atoms with van der Waals surface area (Å²) in [5.41, 5.74) is 0.436. The third kappa shape index (κ3) is 3.82. The lowest BCUT2D eigenvalue weighted by Crippen LogP contribution is -2.31. The molecule has 6 heteroatoms. The zero-order valence-electron chi connectivity index (χ0n) is 13.5. The van der Waals surface area contributed by atoms with Crippen LogP contribution in [-0.2, 0) is 0 Å². The summed E-state index contributed by atoms with van der Waals surface area (Å²) >= 11 is 0. The van der Waals surface area contributed by atoms with Gasteiger partial charge in [0, 0.05) is 12.6 Å². The van der Waals surface area contributed by atoms with Crippen LogP contribution in [0.3, 0.4) is 0 Å². The second kappa shape index (κ2) is 7.46. The first-order valence-corrected chi connectivity index (χ1v) is 8.18. The topological polar surface area (TPSA) is 67.5 Å². The van der Waals surface area contributed by atoms with Crippen LogP contribution in [0.1, 0.15) is 25.7 Å². The lowest BCUT2D eigenvalue weighted by atomic mass is 10.1. The molecule has 0 radical (unpaired) electrons. The Morgan fingerprint density at radius 3 is 2.83 bits per heavy atom. The molecule has 6 nitrogen and oxygen atoms in total. The molecule has 0 atom stereocenters. The standard InChI is InChI=1S/C17H23N3O3/c1-22-15-10-13-14(18-12-19-17(13)21)11-16(15)23-9-5-8-20-6-3-2-4-7-20/h10-12H,2-9H2,1H3,(H,18,19,21). The highest BCUT2D eigenvalue weighted by Gasteiger charge is 2.11. The first-order chi connectivity index (χ1) is 11.3. The van der Waals surface area contributed by atoms with E-state index in [2.05, 4.69) is 14.9 Å². The number of piperidine rings is 1. The number of hydrogen-bond acceptors (Lipinski definition) is 5. The summed E-state index contributed by atoms with van der Waals surface area (Å²) in [6.07, 6.45) is 6.34. The fraction of sp³-hybridized carbons (Fsp3) is 0.529. The van der Waals surface area contributed by atoms with Gasteiger partial charge in [-0.1, -0.05) is 6.42 Å². The quantitative estimate of drug-likeness (QED) is 0.827. The molecule has 124 valence electrons. The molecule has 1 aliphatic rings. The number of nitrogens with one attached hydrogen (secondary N) is 1. The number of H-pyrrole nitrogens is 1. The van der Waals surface area contributed by atoms with Crippen molar-refractivity contribution in [3.8, 4) is 11.5 Å². The highest BCUT2D eigenvalue weighted by atomic mass is 16.5. The van der Waals surface area contributed by atoms with E-state index in [1.54, 1.807) is 19.2 Å². The van der Waals surface area contributed by atoms with Crippen LogP contribution in [0.25, 0.3) is 10.9 Å². The van der Waals surface area contributed by atoms with E-state index in [1.165, 1.54) is 38.7 Å². The molecule has 1 N–H and O–H groups in total. The Kier molecular flexibility index (Phi) is 5.12. The average molecular weight is 317 g/mol. The van der Waals surface area contributed by atoms with Gasteiger partial charge in [0.15, 0.2) is 11.5 Å². The molecule has 0 aliphatic carbocycles. The number of methoxy groups -OCH3 is 1. The van der Waals surface area contributed by atoms with E-state index in [0.29, 0.717) is 29.0 Å². The largest absolute Gasteiger partial charge is 0.493 e. The summed E-state index contributed by atoms with van der Waals surface area (Å²) in [6, 6.07) is 3.45. The zero-order valence-corrected chi connectivity index (χ0v) is 13.5. The number of aromatic amines is 1. The van der Waals surface area contributed by atoms with Gasteiger partial charge >= 0.3 is 0 Å². The maximum Gasteiger partial charge on any atom is 0.258 e. The van der Waals surface area contributed by atoms with Crippen molar-refractivity contribution in [2.75, 3.05) is 33.4 Å². The third-order valence-electron chi connectivity index (χ3n) is 4.25. The predicted octanol–water partition coefficient (Wildman–Crippen LogP) is 2.19. The summed E-state index contributed by atoms with van der Waals surface area (Å²) in [7, 11) is 1.58. The Labute approximate surface area is 135 Å². The van der Waals surface area contributed by atoms with Crippen LogP contribution in [0.4, 0.5) is 0 Å². The minimum absolute atomic E-state index is 0.176. The zero-order chi connectivity index (χ0) is 16.1. The molecule has 1 saturated heterocycles. The summed E-state index contributed by atoms with van der Waals surface area (Å²) in [5.74, 6) is 1.20. The Morgan fingerprint density at radius 2 is 2.04 bits per heavy atom. The van der Waals surface area contributed by atoms with Gasteiger partial charge < -0.3 is 19.4 Å². The second-order valence-electron chi connectivity index (χ2n) is 5.86. The van der Waals surface area contributed by atoms with Crippen LogP contribution >= 0.6 is 0 Å². The number of hydrogen-bond donors (Lipinski definition) is 1. The van der Waals surface area contributed by atoms with Crippen LogP contribution < -0.4 is 15.0 Å². The van der Waals surface area contributed by atoms with Gasteiger partial charge in [-0.05, 0) is 38.4 Å². The maximum absolute atomic E-state index is 11.8. The van der Waals surface area contributed by atoms with Crippen molar-refractivity contribution in [3.63, 3.8) is 0 Å². The van der Waals surface area contributed by atoms with Crippen molar-refractivity contribution < 1.29 is 9.47 Å². The molecule has 0 amide bonds. The van der Waals surface area contributed by atoms with E-state index in [9.17, 15) is 4.79 Å². The van der Waals surface area contributed by atoms with Crippen LogP contribution in [0, 0.1) is 0 Å². The summed E-state index contributed by atoms with van der Waals surface area (Å²) in [6.45, 7) is 4.09. The highest BCUT2D eigenvalue weighted by Crippen LogP contribution is 2.30. The summed E-state index contributed by atoms with van der Waals surface area (Å²) in [4.78, 5) is 21.0. The van der Waals surface area contributed by atoms with Crippen LogP contribution in [-0.4, -0.2) is 48.2 Å². The molecule has 0 saturated carbocycles. The predicted molar refractivity (Wildman–Crippen MR) is 89.3 cm³/mol. The molecule has 1 fully saturated rings. The third-order valence-corrected chi connectivity index (χ3v) is 4.25. The molecule has 0 bridgehead atoms. The summed E-state index contributed by atoms with van der Waals surface area (Å²) < 4.78 is 11.2. The smallest absolute Gasteiger partial charge is 0.258 e. The number of likely N-dealkylation sites (tertiary alicyclic amines) is 1. The molecule has 2 heterocycles. The Bertz CT molecular complexity index is 708. The lowest BCUT2D eigenvalue weighted by Gasteiger charge is -2.26. The number of aromatic nitrogens is 2. The van der Waals surface area contributed by atoms with E-state index in [1.807, 2.05) is 0 Å². The molecule has 23 heavy (non-hydrogen) atoms. The molecular weight excluding hydrogens is 294 g/mol. The second-order valence-corrected chi connectivity index (χ2v) is 5.86. The van der Waals surface area contributed by atoms with Crippen molar-refractivity contribution >= 4 is 10.9 Å². The molecule has 2 aromatic rings. The molecule has 1 aliphatic heterocycles. The Balaban J connectivity index is 1.63. The van der Waals surface area contributed by atoms with Gasteiger partial charge in [0.1, 0.15) is 0 Å². The first kappa shape index (κ1) is 15.8. The molecule has 0 spiro atoms. The minimum atomic E-state index is -0.176. The molecule has 1 aromatic carbocycles. The van der Waals surface area contributed by atoms with Crippen LogP contribution in [0.5, 0.6) is 11.5 Å². The normalized spacial score (nSPS) is 15.7. The van der Waals surface area contributed by atoms with E-state index < -0.39 is 0 Å². The Morgan fingerprint density at radius 1 is 1.22 bits per heavy atom. The van der Waals surface area contributed by atoms with Crippen LogP contribution in [0.15, 0.2) is 23.3 Å². The van der Waals surface area contributed by atoms with E-state index >= 15 is 0 Å². The van der Waals surface area contributed by atoms with Crippen LogP contribution in [0.2, 0.25) is 0 Å². The molecule has 0 unspecified atom stereocenters. The van der Waals surface area contributed by atoms with Gasteiger partial charge in [0.2, 0.25) is 0 Å². The minimum Gasteiger partial charge on any atom is -0.493 e. The molecule has 3 rings (SSSR count). The summed E-state index contributed by atoms with van der Waals surface area (Å²) in [5, 5.41) is 0.505. The van der Waals surface area contributed by atoms with Gasteiger partial charge in [0.05, 0.1) is 30.9 Å². The number of fused-ring (bicyclic) bond motifs is 1. The van der Waals surface area contributed by atoms with Gasteiger partial charge in [-0.15, -0.1) is 0 Å². The van der Waals surface area contributed by atoms with E-state index in [-0.39, 0.29) is 5.56 Å². The van der Waals surface area contributed by atoms with Gasteiger partial charge in [-0.3, -0.25) is 4.79 Å². The number of nitrogens with zero attached hydrogens (tertiary/aromatic N) is 2. The number of rotatable bonds is 6. The van der Waals surface area contributed by atoms with Crippen molar-refractivity contribution in [2.45, 2.75) is 25.7 Å². The average Bonchev–Trinajstić information content (AvgIpc) is 2.59. The monoisotopic (exact) mass is 317 g/mol.